The lowest BCUT2D eigenvalue weighted by atomic mass is 10.0. The van der Waals surface area contributed by atoms with Crippen LogP contribution >= 0.6 is 0 Å². The minimum absolute atomic E-state index is 0.215. The molecular weight excluding hydrogens is 372 g/mol. The van der Waals surface area contributed by atoms with Gasteiger partial charge in [-0.25, -0.2) is 0 Å². The molecule has 0 aromatic heterocycles. The van der Waals surface area contributed by atoms with E-state index in [-0.39, 0.29) is 11.8 Å². The lowest BCUT2D eigenvalue weighted by Gasteiger charge is -2.15. The van der Waals surface area contributed by atoms with Crippen molar-refractivity contribution >= 4 is 11.8 Å². The maximum Gasteiger partial charge on any atom is 0.261 e. The van der Waals surface area contributed by atoms with E-state index in [0.717, 1.165) is 17.7 Å². The maximum atomic E-state index is 12.6. The molecule has 3 aromatic carbocycles. The molecule has 0 spiro atoms. The molecule has 1 fully saturated rings. The average molecular weight is 396 g/mol. The van der Waals surface area contributed by atoms with E-state index in [2.05, 4.69) is 41.3 Å². The molecular formula is C26H24N2O2. The fourth-order valence-corrected chi connectivity index (χ4v) is 4.37. The maximum absolute atomic E-state index is 12.6. The van der Waals surface area contributed by atoms with Crippen molar-refractivity contribution in [2.75, 3.05) is 13.1 Å². The number of carbonyl (C=O) groups is 2. The molecule has 2 heterocycles. The van der Waals surface area contributed by atoms with E-state index in [9.17, 15) is 9.59 Å². The molecule has 0 bridgehead atoms. The van der Waals surface area contributed by atoms with Crippen LogP contribution in [0.25, 0.3) is 11.1 Å². The van der Waals surface area contributed by atoms with Crippen molar-refractivity contribution in [2.24, 2.45) is 0 Å². The fraction of sp³-hybridized carbons (Fsp3) is 0.231. The first-order valence-electron chi connectivity index (χ1n) is 10.5. The number of amides is 2. The zero-order chi connectivity index (χ0) is 20.5. The minimum atomic E-state index is -0.215. The van der Waals surface area contributed by atoms with E-state index < -0.39 is 0 Å². The third kappa shape index (κ3) is 3.55. The van der Waals surface area contributed by atoms with Crippen LogP contribution in [0.5, 0.6) is 0 Å². The van der Waals surface area contributed by atoms with Crippen LogP contribution in [0.15, 0.2) is 72.8 Å². The number of likely N-dealkylation sites (tertiary alicyclic amines) is 1. The van der Waals surface area contributed by atoms with Gasteiger partial charge in [-0.05, 0) is 60.3 Å². The number of fused-ring (bicyclic) bond motifs is 1. The van der Waals surface area contributed by atoms with Gasteiger partial charge >= 0.3 is 0 Å². The van der Waals surface area contributed by atoms with Crippen molar-refractivity contribution < 1.29 is 9.59 Å². The van der Waals surface area contributed by atoms with Crippen molar-refractivity contribution in [1.82, 2.24) is 9.80 Å². The Labute approximate surface area is 176 Å². The topological polar surface area (TPSA) is 40.6 Å². The Kier molecular flexibility index (Phi) is 4.93. The molecule has 0 atom stereocenters. The van der Waals surface area contributed by atoms with Gasteiger partial charge in [-0.1, -0.05) is 60.7 Å². The molecule has 2 amide bonds. The van der Waals surface area contributed by atoms with E-state index in [1.807, 2.05) is 12.1 Å². The molecule has 2 aliphatic rings. The van der Waals surface area contributed by atoms with Crippen LogP contribution in [-0.4, -0.2) is 34.7 Å². The number of nitrogens with zero attached hydrogens (tertiary/aromatic N) is 2. The van der Waals surface area contributed by atoms with Crippen LogP contribution in [0.1, 0.15) is 44.7 Å². The summed E-state index contributed by atoms with van der Waals surface area (Å²) >= 11 is 0. The number of hydrogen-bond acceptors (Lipinski definition) is 3. The van der Waals surface area contributed by atoms with Crippen molar-refractivity contribution in [3.8, 4) is 11.1 Å². The number of rotatable bonds is 5. The van der Waals surface area contributed by atoms with Crippen LogP contribution in [-0.2, 0) is 13.1 Å². The molecule has 3 aromatic rings. The van der Waals surface area contributed by atoms with Crippen molar-refractivity contribution in [3.63, 3.8) is 0 Å². The summed E-state index contributed by atoms with van der Waals surface area (Å²) in [6, 6.07) is 23.9. The molecule has 1 saturated heterocycles. The van der Waals surface area contributed by atoms with Gasteiger partial charge in [0.1, 0.15) is 0 Å². The predicted octanol–water partition coefficient (Wildman–Crippen LogP) is 4.75. The quantitative estimate of drug-likeness (QED) is 0.585. The molecule has 5 rings (SSSR count). The van der Waals surface area contributed by atoms with Crippen LogP contribution in [0.4, 0.5) is 0 Å². The van der Waals surface area contributed by atoms with E-state index in [4.69, 9.17) is 0 Å². The SMILES string of the molecule is O=C1c2ccccc2C(=O)N1Cc1ccc(-c2ccc(CN3CCCC3)cc2)cc1. The lowest BCUT2D eigenvalue weighted by Crippen LogP contribution is -2.29. The first-order chi connectivity index (χ1) is 14.7. The molecule has 0 unspecified atom stereocenters. The molecule has 0 aliphatic carbocycles. The summed E-state index contributed by atoms with van der Waals surface area (Å²) in [6.45, 7) is 3.73. The van der Waals surface area contributed by atoms with Gasteiger partial charge < -0.3 is 0 Å². The van der Waals surface area contributed by atoms with Crippen LogP contribution < -0.4 is 0 Å². The van der Waals surface area contributed by atoms with E-state index in [1.165, 1.54) is 42.0 Å². The second-order valence-electron chi connectivity index (χ2n) is 8.12. The van der Waals surface area contributed by atoms with Crippen LogP contribution in [0.3, 0.4) is 0 Å². The molecule has 4 nitrogen and oxygen atoms in total. The van der Waals surface area contributed by atoms with Gasteiger partial charge in [0, 0.05) is 6.54 Å². The van der Waals surface area contributed by atoms with Crippen molar-refractivity contribution in [1.29, 1.82) is 0 Å². The number of benzene rings is 3. The van der Waals surface area contributed by atoms with Gasteiger partial charge in [-0.2, -0.15) is 0 Å². The minimum Gasteiger partial charge on any atom is -0.299 e. The van der Waals surface area contributed by atoms with Crippen LogP contribution in [0.2, 0.25) is 0 Å². The highest BCUT2D eigenvalue weighted by Crippen LogP contribution is 2.26. The standard InChI is InChI=1S/C26H24N2O2/c29-25-23-5-1-2-6-24(23)26(30)28(25)18-20-9-13-22(14-10-20)21-11-7-19(8-12-21)17-27-15-3-4-16-27/h1-2,5-14H,3-4,15-18H2. The summed E-state index contributed by atoms with van der Waals surface area (Å²) in [7, 11) is 0. The number of carbonyl (C=O) groups excluding carboxylic acids is 2. The largest absolute Gasteiger partial charge is 0.299 e. The highest BCUT2D eigenvalue weighted by Gasteiger charge is 2.34. The Bertz CT molecular complexity index is 1050. The second kappa shape index (κ2) is 7.88. The first-order valence-corrected chi connectivity index (χ1v) is 10.5. The van der Waals surface area contributed by atoms with Gasteiger partial charge in [-0.3, -0.25) is 19.4 Å². The average Bonchev–Trinajstić information content (AvgIpc) is 3.38. The third-order valence-corrected chi connectivity index (χ3v) is 6.06. The Morgan fingerprint density at radius 3 is 1.57 bits per heavy atom. The highest BCUT2D eigenvalue weighted by atomic mass is 16.2. The van der Waals surface area contributed by atoms with Gasteiger partial charge in [0.2, 0.25) is 0 Å². The van der Waals surface area contributed by atoms with E-state index in [0.29, 0.717) is 17.7 Å². The van der Waals surface area contributed by atoms with Gasteiger partial charge in [0.15, 0.2) is 0 Å². The summed E-state index contributed by atoms with van der Waals surface area (Å²) in [5.41, 5.74) is 5.59. The number of imide groups is 1. The molecule has 150 valence electrons. The Morgan fingerprint density at radius 1 is 0.600 bits per heavy atom. The molecule has 4 heteroatoms. The summed E-state index contributed by atoms with van der Waals surface area (Å²) < 4.78 is 0. The zero-order valence-electron chi connectivity index (χ0n) is 16.9. The summed E-state index contributed by atoms with van der Waals surface area (Å²) in [6.07, 6.45) is 2.62. The molecule has 30 heavy (non-hydrogen) atoms. The Hall–Kier alpha value is -3.24. The van der Waals surface area contributed by atoms with Gasteiger partial charge in [-0.15, -0.1) is 0 Å². The normalized spacial score (nSPS) is 16.3. The fourth-order valence-electron chi connectivity index (χ4n) is 4.37. The zero-order valence-corrected chi connectivity index (χ0v) is 16.9. The monoisotopic (exact) mass is 396 g/mol. The molecule has 0 radical (unpaired) electrons. The molecule has 2 aliphatic heterocycles. The molecule has 0 N–H and O–H groups in total. The Morgan fingerprint density at radius 2 is 1.07 bits per heavy atom. The summed E-state index contributed by atoms with van der Waals surface area (Å²) in [5, 5.41) is 0. The number of hydrogen-bond donors (Lipinski definition) is 0. The van der Waals surface area contributed by atoms with E-state index >= 15 is 0 Å². The third-order valence-electron chi connectivity index (χ3n) is 6.06. The summed E-state index contributed by atoms with van der Waals surface area (Å²) in [5.74, 6) is -0.429. The Balaban J connectivity index is 1.27. The smallest absolute Gasteiger partial charge is 0.261 e. The molecule has 0 saturated carbocycles. The summed E-state index contributed by atoms with van der Waals surface area (Å²) in [4.78, 5) is 28.9. The van der Waals surface area contributed by atoms with Crippen molar-refractivity contribution in [3.05, 3.63) is 95.1 Å². The first kappa shape index (κ1) is 18.8. The van der Waals surface area contributed by atoms with Crippen molar-refractivity contribution in [2.45, 2.75) is 25.9 Å². The van der Waals surface area contributed by atoms with Crippen LogP contribution in [0, 0.1) is 0 Å². The lowest BCUT2D eigenvalue weighted by molar-refractivity contribution is 0.0642. The van der Waals surface area contributed by atoms with Gasteiger partial charge in [0.25, 0.3) is 11.8 Å². The highest BCUT2D eigenvalue weighted by molar-refractivity contribution is 6.21. The van der Waals surface area contributed by atoms with E-state index in [1.54, 1.807) is 24.3 Å². The van der Waals surface area contributed by atoms with Gasteiger partial charge in [0.05, 0.1) is 17.7 Å². The predicted molar refractivity (Wildman–Crippen MR) is 117 cm³/mol. The second-order valence-corrected chi connectivity index (χ2v) is 8.12.